The van der Waals surface area contributed by atoms with E-state index in [0.717, 1.165) is 24.5 Å². The molecule has 10 heteroatoms. The van der Waals surface area contributed by atoms with Crippen molar-refractivity contribution in [3.63, 3.8) is 0 Å². The molecule has 0 atom stereocenters. The van der Waals surface area contributed by atoms with Gasteiger partial charge in [0.25, 0.3) is 0 Å². The fraction of sp³-hybridized carbons (Fsp3) is 0.350. The minimum absolute atomic E-state index is 0.366. The Labute approximate surface area is 175 Å². The molecular formula is C20H26N10. The van der Waals surface area contributed by atoms with Gasteiger partial charge in [0.2, 0.25) is 0 Å². The van der Waals surface area contributed by atoms with Crippen LogP contribution in [0.5, 0.6) is 0 Å². The largest absolute Gasteiger partial charge is 0.382 e. The van der Waals surface area contributed by atoms with Crippen LogP contribution in [0.25, 0.3) is 5.69 Å². The SMILES string of the molecule is CCNC(=NCc1ncnn1C)NCCCc1nn(-c2ccccc2)c(N)c1C#N. The van der Waals surface area contributed by atoms with Crippen LogP contribution in [0.1, 0.15) is 30.4 Å². The molecule has 0 saturated carbocycles. The van der Waals surface area contributed by atoms with Crippen molar-refractivity contribution < 1.29 is 0 Å². The predicted molar refractivity (Wildman–Crippen MR) is 115 cm³/mol. The molecule has 0 amide bonds. The maximum Gasteiger partial charge on any atom is 0.191 e. The molecule has 4 N–H and O–H groups in total. The number of nitrogens with two attached hydrogens (primary N) is 1. The zero-order valence-electron chi connectivity index (χ0n) is 17.2. The van der Waals surface area contributed by atoms with E-state index >= 15 is 0 Å². The van der Waals surface area contributed by atoms with Gasteiger partial charge in [-0.15, -0.1) is 0 Å². The van der Waals surface area contributed by atoms with Crippen molar-refractivity contribution in [1.82, 2.24) is 35.2 Å². The predicted octanol–water partition coefficient (Wildman–Crippen LogP) is 1.14. The minimum atomic E-state index is 0.366. The van der Waals surface area contributed by atoms with Crippen LogP contribution in [-0.4, -0.2) is 43.6 Å². The first-order valence-electron chi connectivity index (χ1n) is 9.82. The highest BCUT2D eigenvalue weighted by Crippen LogP contribution is 2.21. The minimum Gasteiger partial charge on any atom is -0.382 e. The van der Waals surface area contributed by atoms with Crippen molar-refractivity contribution in [2.75, 3.05) is 18.8 Å². The van der Waals surface area contributed by atoms with Crippen LogP contribution in [0.2, 0.25) is 0 Å². The Morgan fingerprint density at radius 1 is 1.27 bits per heavy atom. The number of anilines is 1. The average Bonchev–Trinajstić information content (AvgIpc) is 3.32. The summed E-state index contributed by atoms with van der Waals surface area (Å²) in [5, 5.41) is 24.6. The molecule has 10 nitrogen and oxygen atoms in total. The first-order chi connectivity index (χ1) is 14.6. The number of para-hydroxylation sites is 1. The van der Waals surface area contributed by atoms with Crippen LogP contribution in [0, 0.1) is 11.3 Å². The van der Waals surface area contributed by atoms with Crippen molar-refractivity contribution in [3.8, 4) is 11.8 Å². The molecule has 0 unspecified atom stereocenters. The highest BCUT2D eigenvalue weighted by atomic mass is 15.3. The second-order valence-electron chi connectivity index (χ2n) is 6.59. The van der Waals surface area contributed by atoms with E-state index in [-0.39, 0.29) is 0 Å². The number of hydrogen-bond donors (Lipinski definition) is 3. The number of aliphatic imine (C=N–C) groups is 1. The zero-order valence-corrected chi connectivity index (χ0v) is 17.2. The number of hydrogen-bond acceptors (Lipinski definition) is 6. The lowest BCUT2D eigenvalue weighted by molar-refractivity contribution is 0.692. The number of aryl methyl sites for hydroxylation is 2. The maximum atomic E-state index is 9.52. The molecular weight excluding hydrogens is 380 g/mol. The lowest BCUT2D eigenvalue weighted by Gasteiger charge is -2.10. The van der Waals surface area contributed by atoms with Crippen molar-refractivity contribution >= 4 is 11.8 Å². The Kier molecular flexibility index (Phi) is 7.00. The van der Waals surface area contributed by atoms with Gasteiger partial charge in [0.15, 0.2) is 5.96 Å². The number of guanidine groups is 1. The summed E-state index contributed by atoms with van der Waals surface area (Å²) in [6, 6.07) is 11.8. The molecule has 2 aromatic heterocycles. The van der Waals surface area contributed by atoms with Gasteiger partial charge in [0.1, 0.15) is 36.1 Å². The molecule has 0 spiro atoms. The lowest BCUT2D eigenvalue weighted by atomic mass is 10.1. The summed E-state index contributed by atoms with van der Waals surface area (Å²) in [7, 11) is 1.84. The molecule has 3 rings (SSSR count). The Balaban J connectivity index is 1.60. The van der Waals surface area contributed by atoms with E-state index in [4.69, 9.17) is 5.73 Å². The number of benzene rings is 1. The van der Waals surface area contributed by atoms with Crippen LogP contribution in [0.15, 0.2) is 41.7 Å². The maximum absolute atomic E-state index is 9.52. The molecule has 1 aromatic carbocycles. The quantitative estimate of drug-likeness (QED) is 0.290. The van der Waals surface area contributed by atoms with E-state index < -0.39 is 0 Å². The fourth-order valence-electron chi connectivity index (χ4n) is 2.96. The first kappa shape index (κ1) is 20.9. The average molecular weight is 406 g/mol. The molecule has 0 fully saturated rings. The fourth-order valence-corrected chi connectivity index (χ4v) is 2.96. The van der Waals surface area contributed by atoms with Gasteiger partial charge < -0.3 is 16.4 Å². The van der Waals surface area contributed by atoms with Gasteiger partial charge in [0.05, 0.1) is 11.4 Å². The van der Waals surface area contributed by atoms with E-state index in [1.165, 1.54) is 6.33 Å². The summed E-state index contributed by atoms with van der Waals surface area (Å²) >= 11 is 0. The highest BCUT2D eigenvalue weighted by molar-refractivity contribution is 5.79. The normalized spacial score (nSPS) is 11.3. The smallest absolute Gasteiger partial charge is 0.191 e. The third-order valence-electron chi connectivity index (χ3n) is 4.52. The molecule has 0 aliphatic carbocycles. The number of rotatable bonds is 8. The summed E-state index contributed by atoms with van der Waals surface area (Å²) in [6.45, 7) is 3.87. The van der Waals surface area contributed by atoms with E-state index in [9.17, 15) is 5.26 Å². The van der Waals surface area contributed by atoms with Gasteiger partial charge in [-0.05, 0) is 31.9 Å². The lowest BCUT2D eigenvalue weighted by Crippen LogP contribution is -2.38. The van der Waals surface area contributed by atoms with E-state index in [1.807, 2.05) is 44.3 Å². The molecule has 3 aromatic rings. The summed E-state index contributed by atoms with van der Waals surface area (Å²) in [6.07, 6.45) is 2.91. The standard InChI is InChI=1S/C20H26N10/c1-3-23-20(25-13-18-26-14-27-29(18)2)24-11-7-10-17-16(12-21)19(22)30(28-17)15-8-5-4-6-9-15/h4-6,8-9,14H,3,7,10-11,13,22H2,1-2H3,(H2,23,24,25). The molecule has 0 aliphatic heterocycles. The first-order valence-corrected chi connectivity index (χ1v) is 9.82. The van der Waals surface area contributed by atoms with Crippen molar-refractivity contribution in [3.05, 3.63) is 53.7 Å². The van der Waals surface area contributed by atoms with E-state index in [1.54, 1.807) is 9.36 Å². The third kappa shape index (κ3) is 4.94. The second kappa shape index (κ2) is 10.1. The summed E-state index contributed by atoms with van der Waals surface area (Å²) in [5.74, 6) is 1.85. The summed E-state index contributed by atoms with van der Waals surface area (Å²) in [4.78, 5) is 8.71. The number of nitrogen functional groups attached to an aromatic ring is 1. The van der Waals surface area contributed by atoms with Crippen LogP contribution in [-0.2, 0) is 20.0 Å². The molecule has 0 aliphatic rings. The molecule has 0 saturated heterocycles. The number of nitrogens with one attached hydrogen (secondary N) is 2. The van der Waals surface area contributed by atoms with Crippen LogP contribution >= 0.6 is 0 Å². The van der Waals surface area contributed by atoms with Crippen molar-refractivity contribution in [2.24, 2.45) is 12.0 Å². The summed E-state index contributed by atoms with van der Waals surface area (Å²) in [5.41, 5.74) is 8.12. The van der Waals surface area contributed by atoms with Gasteiger partial charge in [-0.1, -0.05) is 18.2 Å². The monoisotopic (exact) mass is 406 g/mol. The second-order valence-corrected chi connectivity index (χ2v) is 6.59. The number of nitrogens with zero attached hydrogens (tertiary/aromatic N) is 7. The van der Waals surface area contributed by atoms with Crippen LogP contribution in [0.3, 0.4) is 0 Å². The van der Waals surface area contributed by atoms with Gasteiger partial charge in [-0.3, -0.25) is 4.68 Å². The summed E-state index contributed by atoms with van der Waals surface area (Å²) < 4.78 is 3.32. The topological polar surface area (TPSA) is 135 Å². The Bertz CT molecular complexity index is 1030. The van der Waals surface area contributed by atoms with E-state index in [0.29, 0.717) is 42.5 Å². The van der Waals surface area contributed by atoms with Gasteiger partial charge >= 0.3 is 0 Å². The van der Waals surface area contributed by atoms with E-state index in [2.05, 4.69) is 36.9 Å². The van der Waals surface area contributed by atoms with Crippen molar-refractivity contribution in [2.45, 2.75) is 26.3 Å². The van der Waals surface area contributed by atoms with Gasteiger partial charge in [-0.25, -0.2) is 14.7 Å². The van der Waals surface area contributed by atoms with Crippen LogP contribution in [0.4, 0.5) is 5.82 Å². The van der Waals surface area contributed by atoms with Gasteiger partial charge in [-0.2, -0.15) is 15.5 Å². The number of aromatic nitrogens is 5. The number of nitriles is 1. The van der Waals surface area contributed by atoms with Crippen LogP contribution < -0.4 is 16.4 Å². The highest BCUT2D eigenvalue weighted by Gasteiger charge is 2.16. The molecule has 0 bridgehead atoms. The molecule has 0 radical (unpaired) electrons. The Morgan fingerprint density at radius 2 is 2.07 bits per heavy atom. The zero-order chi connectivity index (χ0) is 21.3. The Morgan fingerprint density at radius 3 is 2.73 bits per heavy atom. The Hall–Kier alpha value is -3.87. The molecule has 2 heterocycles. The molecule has 30 heavy (non-hydrogen) atoms. The molecule has 156 valence electrons. The van der Waals surface area contributed by atoms with Gasteiger partial charge in [0, 0.05) is 20.1 Å². The van der Waals surface area contributed by atoms with Crippen molar-refractivity contribution in [1.29, 1.82) is 5.26 Å². The third-order valence-corrected chi connectivity index (χ3v) is 4.52.